The summed E-state index contributed by atoms with van der Waals surface area (Å²) >= 11 is 12.2. The lowest BCUT2D eigenvalue weighted by molar-refractivity contribution is -0.119. The van der Waals surface area contributed by atoms with E-state index >= 15 is 0 Å². The summed E-state index contributed by atoms with van der Waals surface area (Å²) in [6.45, 7) is 3.26. The molecule has 1 fully saturated rings. The summed E-state index contributed by atoms with van der Waals surface area (Å²) in [5.41, 5.74) is 0.239. The van der Waals surface area contributed by atoms with E-state index in [2.05, 4.69) is 10.2 Å². The van der Waals surface area contributed by atoms with Crippen molar-refractivity contribution in [3.8, 4) is 0 Å². The van der Waals surface area contributed by atoms with Gasteiger partial charge in [-0.3, -0.25) is 9.10 Å². The van der Waals surface area contributed by atoms with Crippen LogP contribution in [0.1, 0.15) is 19.3 Å². The Hall–Kier alpha value is -1.80. The van der Waals surface area contributed by atoms with Gasteiger partial charge in [-0.15, -0.1) is 0 Å². The molecule has 2 aromatic carbocycles. The molecule has 0 saturated carbocycles. The Kier molecular flexibility index (Phi) is 7.99. The summed E-state index contributed by atoms with van der Waals surface area (Å²) in [6.07, 6.45) is 3.27. The first-order chi connectivity index (χ1) is 14.4. The van der Waals surface area contributed by atoms with Gasteiger partial charge in [0.1, 0.15) is 6.54 Å². The third-order valence-electron chi connectivity index (χ3n) is 4.93. The number of rotatable bonds is 9. The maximum absolute atomic E-state index is 13.2. The van der Waals surface area contributed by atoms with Gasteiger partial charge in [0, 0.05) is 16.6 Å². The third kappa shape index (κ3) is 6.11. The van der Waals surface area contributed by atoms with Crippen LogP contribution in [0, 0.1) is 0 Å². The van der Waals surface area contributed by atoms with Crippen molar-refractivity contribution in [2.45, 2.75) is 24.2 Å². The molecule has 0 aromatic heterocycles. The molecule has 0 atom stereocenters. The zero-order chi connectivity index (χ0) is 21.6. The predicted molar refractivity (Wildman–Crippen MR) is 121 cm³/mol. The average molecular weight is 470 g/mol. The number of nitrogens with one attached hydrogen (secondary N) is 1. The highest BCUT2D eigenvalue weighted by molar-refractivity contribution is 7.92. The molecule has 1 saturated heterocycles. The number of hydrogen-bond acceptors (Lipinski definition) is 4. The molecule has 9 heteroatoms. The van der Waals surface area contributed by atoms with Crippen molar-refractivity contribution in [3.05, 3.63) is 58.6 Å². The van der Waals surface area contributed by atoms with Crippen LogP contribution in [0.4, 0.5) is 5.69 Å². The number of halogens is 2. The number of likely N-dealkylation sites (tertiary alicyclic amines) is 1. The van der Waals surface area contributed by atoms with Crippen LogP contribution in [0.2, 0.25) is 10.0 Å². The molecule has 30 heavy (non-hydrogen) atoms. The molecule has 1 amide bonds. The summed E-state index contributed by atoms with van der Waals surface area (Å²) < 4.78 is 27.5. The molecular formula is C21H25Cl2N3O3S. The number of carbonyl (C=O) groups is 1. The minimum absolute atomic E-state index is 0.0860. The third-order valence-corrected chi connectivity index (χ3v) is 7.15. The van der Waals surface area contributed by atoms with E-state index in [-0.39, 0.29) is 33.1 Å². The fraction of sp³-hybridized carbons (Fsp3) is 0.381. The first-order valence-electron chi connectivity index (χ1n) is 9.89. The normalized spacial score (nSPS) is 14.6. The lowest BCUT2D eigenvalue weighted by Gasteiger charge is -2.24. The molecule has 6 nitrogen and oxygen atoms in total. The predicted octanol–water partition coefficient (Wildman–Crippen LogP) is 3.79. The zero-order valence-corrected chi connectivity index (χ0v) is 18.9. The Morgan fingerprint density at radius 3 is 2.30 bits per heavy atom. The summed E-state index contributed by atoms with van der Waals surface area (Å²) in [5, 5.41) is 3.40. The second-order valence-corrected chi connectivity index (χ2v) is 9.94. The van der Waals surface area contributed by atoms with Crippen LogP contribution >= 0.6 is 23.2 Å². The lowest BCUT2D eigenvalue weighted by Crippen LogP contribution is -2.41. The van der Waals surface area contributed by atoms with E-state index in [1.807, 2.05) is 0 Å². The molecule has 1 aliphatic rings. The molecule has 2 aromatic rings. The van der Waals surface area contributed by atoms with Gasteiger partial charge >= 0.3 is 0 Å². The van der Waals surface area contributed by atoms with Gasteiger partial charge in [0.15, 0.2) is 0 Å². The highest BCUT2D eigenvalue weighted by Gasteiger charge is 2.27. The smallest absolute Gasteiger partial charge is 0.264 e. The maximum Gasteiger partial charge on any atom is 0.264 e. The number of amides is 1. The van der Waals surface area contributed by atoms with E-state index in [4.69, 9.17) is 23.2 Å². The molecule has 1 aliphatic heterocycles. The Morgan fingerprint density at radius 2 is 1.67 bits per heavy atom. The molecule has 3 rings (SSSR count). The lowest BCUT2D eigenvalue weighted by atomic mass is 10.3. The first-order valence-corrected chi connectivity index (χ1v) is 12.1. The Balaban J connectivity index is 1.73. The minimum atomic E-state index is -3.98. The van der Waals surface area contributed by atoms with Crippen LogP contribution in [-0.2, 0) is 14.8 Å². The van der Waals surface area contributed by atoms with E-state index in [9.17, 15) is 13.2 Å². The van der Waals surface area contributed by atoms with Gasteiger partial charge in [-0.1, -0.05) is 41.4 Å². The highest BCUT2D eigenvalue weighted by Crippen LogP contribution is 2.29. The van der Waals surface area contributed by atoms with Crippen LogP contribution < -0.4 is 9.62 Å². The van der Waals surface area contributed by atoms with Crippen molar-refractivity contribution < 1.29 is 13.2 Å². The molecular weight excluding hydrogens is 445 g/mol. The second-order valence-electron chi connectivity index (χ2n) is 7.20. The quantitative estimate of drug-likeness (QED) is 0.567. The van der Waals surface area contributed by atoms with Crippen molar-refractivity contribution in [3.63, 3.8) is 0 Å². The molecule has 0 spiro atoms. The van der Waals surface area contributed by atoms with Gasteiger partial charge in [0.2, 0.25) is 5.91 Å². The van der Waals surface area contributed by atoms with Gasteiger partial charge in [-0.05, 0) is 69.2 Å². The van der Waals surface area contributed by atoms with E-state index in [1.54, 1.807) is 18.2 Å². The number of nitrogens with zero attached hydrogens (tertiary/aromatic N) is 2. The van der Waals surface area contributed by atoms with Gasteiger partial charge < -0.3 is 10.2 Å². The molecule has 0 bridgehead atoms. The topological polar surface area (TPSA) is 69.7 Å². The number of anilines is 1. The van der Waals surface area contributed by atoms with Crippen LogP contribution in [0.25, 0.3) is 0 Å². The number of benzene rings is 2. The van der Waals surface area contributed by atoms with Crippen LogP contribution in [0.5, 0.6) is 0 Å². The van der Waals surface area contributed by atoms with Crippen molar-refractivity contribution in [1.82, 2.24) is 10.2 Å². The number of hydrogen-bond donors (Lipinski definition) is 1. The monoisotopic (exact) mass is 469 g/mol. The van der Waals surface area contributed by atoms with E-state index in [0.29, 0.717) is 6.54 Å². The summed E-state index contributed by atoms with van der Waals surface area (Å²) in [7, 11) is -3.98. The highest BCUT2D eigenvalue weighted by atomic mass is 35.5. The van der Waals surface area contributed by atoms with Crippen LogP contribution in [0.15, 0.2) is 53.4 Å². The maximum atomic E-state index is 13.2. The Morgan fingerprint density at radius 1 is 1.03 bits per heavy atom. The largest absolute Gasteiger partial charge is 0.354 e. The minimum Gasteiger partial charge on any atom is -0.354 e. The molecule has 0 aliphatic carbocycles. The number of carbonyl (C=O) groups excluding carboxylic acids is 1. The molecule has 1 N–H and O–H groups in total. The molecule has 0 unspecified atom stereocenters. The SMILES string of the molecule is O=C(CN(c1cc(Cl)cc(Cl)c1)S(=O)(=O)c1ccccc1)NCCCN1CCCC1. The van der Waals surface area contributed by atoms with Gasteiger partial charge in [-0.25, -0.2) is 8.42 Å². The molecule has 0 radical (unpaired) electrons. The van der Waals surface area contributed by atoms with E-state index in [0.717, 1.165) is 30.4 Å². The van der Waals surface area contributed by atoms with E-state index < -0.39 is 10.0 Å². The van der Waals surface area contributed by atoms with Crippen molar-refractivity contribution in [1.29, 1.82) is 0 Å². The van der Waals surface area contributed by atoms with Crippen molar-refractivity contribution >= 4 is 44.8 Å². The number of sulfonamides is 1. The fourth-order valence-electron chi connectivity index (χ4n) is 3.44. The van der Waals surface area contributed by atoms with Gasteiger partial charge in [0.25, 0.3) is 10.0 Å². The standard InChI is InChI=1S/C21H25Cl2N3O3S/c22-17-13-18(23)15-19(14-17)26(30(28,29)20-7-2-1-3-8-20)16-21(27)24-9-6-12-25-10-4-5-11-25/h1-3,7-8,13-15H,4-6,9-12,16H2,(H,24,27). The van der Waals surface area contributed by atoms with Crippen LogP contribution in [0.3, 0.4) is 0 Å². The molecule has 162 valence electrons. The summed E-state index contributed by atoms with van der Waals surface area (Å²) in [6, 6.07) is 12.4. The van der Waals surface area contributed by atoms with E-state index in [1.165, 1.54) is 43.2 Å². The summed E-state index contributed by atoms with van der Waals surface area (Å²) in [5.74, 6) is -0.382. The average Bonchev–Trinajstić information content (AvgIpc) is 3.23. The Bertz CT molecular complexity index is 944. The zero-order valence-electron chi connectivity index (χ0n) is 16.6. The summed E-state index contributed by atoms with van der Waals surface area (Å²) in [4.78, 5) is 15.0. The van der Waals surface area contributed by atoms with Crippen molar-refractivity contribution in [2.75, 3.05) is 37.0 Å². The van der Waals surface area contributed by atoms with Crippen molar-refractivity contribution in [2.24, 2.45) is 0 Å². The fourth-order valence-corrected chi connectivity index (χ4v) is 5.38. The second kappa shape index (κ2) is 10.5. The van der Waals surface area contributed by atoms with Gasteiger partial charge in [-0.2, -0.15) is 0 Å². The Labute approximate surface area is 187 Å². The van der Waals surface area contributed by atoms with Crippen LogP contribution in [-0.4, -0.2) is 51.9 Å². The molecule has 1 heterocycles. The van der Waals surface area contributed by atoms with Gasteiger partial charge in [0.05, 0.1) is 10.6 Å². The first kappa shape index (κ1) is 22.9.